The Hall–Kier alpha value is -2.50. The maximum Gasteiger partial charge on any atom is 0.261 e. The predicted molar refractivity (Wildman–Crippen MR) is 61.1 cm³/mol. The second kappa shape index (κ2) is 5.55. The van der Waals surface area contributed by atoms with E-state index in [1.807, 2.05) is 0 Å². The van der Waals surface area contributed by atoms with Crippen LogP contribution in [0.3, 0.4) is 0 Å². The van der Waals surface area contributed by atoms with Crippen LogP contribution in [0.5, 0.6) is 0 Å². The Balaban J connectivity index is 2.84. The first-order chi connectivity index (χ1) is 8.04. The minimum absolute atomic E-state index is 0.327. The van der Waals surface area contributed by atoms with Gasteiger partial charge in [0.1, 0.15) is 11.4 Å². The summed E-state index contributed by atoms with van der Waals surface area (Å²) in [6.45, 7) is 0. The summed E-state index contributed by atoms with van der Waals surface area (Å²) in [6, 6.07) is 5.02. The van der Waals surface area contributed by atoms with E-state index in [0.29, 0.717) is 5.69 Å². The molecule has 1 aromatic rings. The molecule has 0 saturated heterocycles. The smallest absolute Gasteiger partial charge is 0.261 e. The Morgan fingerprint density at radius 1 is 1.29 bits per heavy atom. The molecule has 2 amide bonds. The molecule has 0 unspecified atom stereocenters. The highest BCUT2D eigenvalue weighted by molar-refractivity contribution is 6.23. The molecular weight excluding hydrogens is 225 g/mol. The minimum atomic E-state index is -0.937. The molecule has 0 atom stereocenters. The van der Waals surface area contributed by atoms with Crippen molar-refractivity contribution in [2.75, 3.05) is 5.32 Å². The van der Waals surface area contributed by atoms with E-state index in [2.05, 4.69) is 5.32 Å². The van der Waals surface area contributed by atoms with Crippen LogP contribution >= 0.6 is 0 Å². The van der Waals surface area contributed by atoms with E-state index >= 15 is 0 Å². The van der Waals surface area contributed by atoms with Crippen molar-refractivity contribution >= 4 is 23.7 Å². The summed E-state index contributed by atoms with van der Waals surface area (Å²) in [7, 11) is 0. The third-order valence-corrected chi connectivity index (χ3v) is 1.86. The summed E-state index contributed by atoms with van der Waals surface area (Å²) in [4.78, 5) is 22.5. The van der Waals surface area contributed by atoms with Gasteiger partial charge in [-0.15, -0.1) is 0 Å². The van der Waals surface area contributed by atoms with Crippen LogP contribution in [0.15, 0.2) is 35.9 Å². The van der Waals surface area contributed by atoms with E-state index in [9.17, 15) is 14.0 Å². The maximum absolute atomic E-state index is 12.6. The topological polar surface area (TPSA) is 96.0 Å². The molecule has 5 nitrogen and oxygen atoms in total. The number of carbonyl (C=O) groups excluding carboxylic acids is 2. The molecular formula is C11H10FN3O2. The predicted octanol–water partition coefficient (Wildman–Crippen LogP) is 0.825. The summed E-state index contributed by atoms with van der Waals surface area (Å²) in [5.74, 6) is -2.12. The Kier molecular flexibility index (Phi) is 4.10. The number of nitrogens with one attached hydrogen (secondary N) is 2. The van der Waals surface area contributed by atoms with Crippen molar-refractivity contribution < 1.29 is 14.0 Å². The van der Waals surface area contributed by atoms with Crippen molar-refractivity contribution in [1.82, 2.24) is 0 Å². The van der Waals surface area contributed by atoms with Crippen molar-refractivity contribution in [1.29, 1.82) is 5.41 Å². The van der Waals surface area contributed by atoms with Gasteiger partial charge in [-0.25, -0.2) is 4.39 Å². The molecule has 0 aliphatic heterocycles. The maximum atomic E-state index is 12.6. The van der Waals surface area contributed by atoms with Crippen molar-refractivity contribution in [2.45, 2.75) is 0 Å². The number of hydrogen-bond acceptors (Lipinski definition) is 3. The molecule has 0 aliphatic rings. The fourth-order valence-corrected chi connectivity index (χ4v) is 1.08. The number of amides is 2. The largest absolute Gasteiger partial charge is 0.365 e. The lowest BCUT2D eigenvalue weighted by molar-refractivity contribution is -0.119. The highest BCUT2D eigenvalue weighted by Crippen LogP contribution is 2.09. The summed E-state index contributed by atoms with van der Waals surface area (Å²) in [6.07, 6.45) is 1.77. The molecule has 0 spiro atoms. The molecule has 1 aromatic carbocycles. The van der Waals surface area contributed by atoms with E-state index in [1.54, 1.807) is 0 Å². The first-order valence-electron chi connectivity index (χ1n) is 4.62. The van der Waals surface area contributed by atoms with Gasteiger partial charge in [-0.3, -0.25) is 9.59 Å². The number of nitrogens with two attached hydrogens (primary N) is 1. The van der Waals surface area contributed by atoms with E-state index in [1.165, 1.54) is 24.3 Å². The number of carbonyl (C=O) groups is 2. The lowest BCUT2D eigenvalue weighted by Gasteiger charge is -2.05. The lowest BCUT2D eigenvalue weighted by Crippen LogP contribution is -2.25. The lowest BCUT2D eigenvalue weighted by atomic mass is 10.2. The zero-order valence-electron chi connectivity index (χ0n) is 8.74. The third kappa shape index (κ3) is 3.53. The molecule has 0 saturated carbocycles. The monoisotopic (exact) mass is 235 g/mol. The van der Waals surface area contributed by atoms with E-state index in [4.69, 9.17) is 11.1 Å². The highest BCUT2D eigenvalue weighted by Gasteiger charge is 2.14. The van der Waals surface area contributed by atoms with Gasteiger partial charge in [0.25, 0.3) is 11.8 Å². The molecule has 0 aromatic heterocycles. The van der Waals surface area contributed by atoms with Crippen molar-refractivity contribution in [3.8, 4) is 0 Å². The van der Waals surface area contributed by atoms with Crippen LogP contribution < -0.4 is 11.1 Å². The van der Waals surface area contributed by atoms with Crippen LogP contribution in [0.1, 0.15) is 0 Å². The summed E-state index contributed by atoms with van der Waals surface area (Å²) < 4.78 is 12.6. The SMILES string of the molecule is N=C/C=C(/C(N)=O)C(=O)Nc1ccc(F)cc1. The first-order valence-corrected chi connectivity index (χ1v) is 4.62. The normalized spacial score (nSPS) is 10.8. The summed E-state index contributed by atoms with van der Waals surface area (Å²) in [5.41, 5.74) is 4.95. The standard InChI is InChI=1S/C11H10FN3O2/c12-7-1-3-8(4-2-7)15-11(17)9(5-6-13)10(14)16/h1-6,13H,(H2,14,16)(H,15,17)/b9-5-,13-6?. The number of primary amides is 1. The van der Waals surface area contributed by atoms with Crippen molar-refractivity contribution in [2.24, 2.45) is 5.73 Å². The second-order valence-electron chi connectivity index (χ2n) is 3.07. The van der Waals surface area contributed by atoms with Gasteiger partial charge in [-0.05, 0) is 30.3 Å². The van der Waals surface area contributed by atoms with Crippen LogP contribution in [0, 0.1) is 11.2 Å². The molecule has 4 N–H and O–H groups in total. The number of rotatable bonds is 4. The van der Waals surface area contributed by atoms with E-state index < -0.39 is 17.6 Å². The van der Waals surface area contributed by atoms with Gasteiger partial charge < -0.3 is 16.5 Å². The summed E-state index contributed by atoms with van der Waals surface area (Å²) >= 11 is 0. The number of allylic oxidation sites excluding steroid dienone is 1. The van der Waals surface area contributed by atoms with Gasteiger partial charge in [0, 0.05) is 11.9 Å². The highest BCUT2D eigenvalue weighted by atomic mass is 19.1. The molecule has 0 aliphatic carbocycles. The fourth-order valence-electron chi connectivity index (χ4n) is 1.08. The minimum Gasteiger partial charge on any atom is -0.365 e. The molecule has 0 heterocycles. The fraction of sp³-hybridized carbons (Fsp3) is 0. The number of halogens is 1. The molecule has 6 heteroatoms. The van der Waals surface area contributed by atoms with E-state index in [0.717, 1.165) is 12.3 Å². The number of anilines is 1. The average molecular weight is 235 g/mol. The molecule has 1 rings (SSSR count). The van der Waals surface area contributed by atoms with Crippen LogP contribution in [0.4, 0.5) is 10.1 Å². The quantitative estimate of drug-likeness (QED) is 0.312. The van der Waals surface area contributed by atoms with Crippen molar-refractivity contribution in [3.63, 3.8) is 0 Å². The van der Waals surface area contributed by atoms with Crippen molar-refractivity contribution in [3.05, 3.63) is 41.7 Å². The molecule has 0 radical (unpaired) electrons. The van der Waals surface area contributed by atoms with Gasteiger partial charge in [0.15, 0.2) is 0 Å². The first kappa shape index (κ1) is 12.6. The van der Waals surface area contributed by atoms with E-state index in [-0.39, 0.29) is 5.57 Å². The van der Waals surface area contributed by atoms with Gasteiger partial charge in [-0.2, -0.15) is 0 Å². The Morgan fingerprint density at radius 3 is 2.35 bits per heavy atom. The number of hydrogen-bond donors (Lipinski definition) is 3. The molecule has 88 valence electrons. The van der Waals surface area contributed by atoms with Crippen LogP contribution in [-0.2, 0) is 9.59 Å². The van der Waals surface area contributed by atoms with Gasteiger partial charge >= 0.3 is 0 Å². The zero-order chi connectivity index (χ0) is 12.8. The Labute approximate surface area is 96.6 Å². The van der Waals surface area contributed by atoms with Gasteiger partial charge in [0.2, 0.25) is 0 Å². The summed E-state index contributed by atoms with van der Waals surface area (Å²) in [5, 5.41) is 9.15. The Morgan fingerprint density at radius 2 is 1.88 bits per heavy atom. The van der Waals surface area contributed by atoms with Crippen LogP contribution in [-0.4, -0.2) is 18.0 Å². The van der Waals surface area contributed by atoms with Gasteiger partial charge in [-0.1, -0.05) is 0 Å². The van der Waals surface area contributed by atoms with Crippen LogP contribution in [0.25, 0.3) is 0 Å². The Bertz CT molecular complexity index is 480. The molecule has 0 fully saturated rings. The van der Waals surface area contributed by atoms with Crippen LogP contribution in [0.2, 0.25) is 0 Å². The average Bonchev–Trinajstić information content (AvgIpc) is 2.28. The molecule has 0 bridgehead atoms. The third-order valence-electron chi connectivity index (χ3n) is 1.86. The second-order valence-corrected chi connectivity index (χ2v) is 3.07. The number of benzene rings is 1. The molecule has 17 heavy (non-hydrogen) atoms. The zero-order valence-corrected chi connectivity index (χ0v) is 8.74. The van der Waals surface area contributed by atoms with Gasteiger partial charge in [0.05, 0.1) is 0 Å².